The number of carbonyl (C=O) groups excluding carboxylic acids is 2. The molecule has 5 rings (SSSR count). The first-order chi connectivity index (χ1) is 18.7. The number of rotatable bonds is 5. The molecule has 5 saturated carbocycles. The maximum absolute atomic E-state index is 12.0. The van der Waals surface area contributed by atoms with Crippen molar-refractivity contribution in [1.29, 1.82) is 0 Å². The van der Waals surface area contributed by atoms with Gasteiger partial charge in [-0.1, -0.05) is 58.3 Å². The molecular formula is C35H55NO4. The molecule has 5 fully saturated rings. The van der Waals surface area contributed by atoms with Crippen LogP contribution in [-0.2, 0) is 19.2 Å². The zero-order valence-electron chi connectivity index (χ0n) is 26.7. The van der Waals surface area contributed by atoms with E-state index in [1.807, 2.05) is 0 Å². The largest absolute Gasteiger partial charge is 0.465 e. The van der Waals surface area contributed by atoms with E-state index in [-0.39, 0.29) is 16.8 Å². The topological polar surface area (TPSA) is 65.0 Å². The predicted octanol–water partition coefficient (Wildman–Crippen LogP) is 8.52. The van der Waals surface area contributed by atoms with Gasteiger partial charge >= 0.3 is 11.9 Å². The van der Waals surface area contributed by atoms with E-state index >= 15 is 0 Å². The Morgan fingerprint density at radius 3 is 2.23 bits per heavy atom. The van der Waals surface area contributed by atoms with Gasteiger partial charge in [0.2, 0.25) is 0 Å². The van der Waals surface area contributed by atoms with E-state index < -0.39 is 11.4 Å². The number of hydrogen-bond donors (Lipinski definition) is 0. The van der Waals surface area contributed by atoms with Crippen LogP contribution < -0.4 is 0 Å². The molecule has 5 nitrogen and oxygen atoms in total. The molecule has 5 aliphatic rings. The number of hydrogen-bond acceptors (Lipinski definition) is 5. The van der Waals surface area contributed by atoms with Crippen LogP contribution >= 0.6 is 0 Å². The zero-order chi connectivity index (χ0) is 29.3. The third-order valence-electron chi connectivity index (χ3n) is 14.4. The average molecular weight is 554 g/mol. The monoisotopic (exact) mass is 553 g/mol. The van der Waals surface area contributed by atoms with Crippen LogP contribution in [0.1, 0.15) is 126 Å². The molecule has 5 aliphatic carbocycles. The van der Waals surface area contributed by atoms with E-state index in [9.17, 15) is 9.59 Å². The van der Waals surface area contributed by atoms with Crippen LogP contribution in [0.3, 0.4) is 0 Å². The second-order valence-electron chi connectivity index (χ2n) is 15.7. The van der Waals surface area contributed by atoms with Crippen molar-refractivity contribution in [2.45, 2.75) is 126 Å². The Kier molecular flexibility index (Phi) is 7.44. The van der Waals surface area contributed by atoms with Gasteiger partial charge in [-0.25, -0.2) is 4.79 Å². The van der Waals surface area contributed by atoms with Crippen LogP contribution in [-0.4, -0.2) is 24.3 Å². The second kappa shape index (κ2) is 9.97. The van der Waals surface area contributed by atoms with Crippen molar-refractivity contribution in [3.05, 3.63) is 12.2 Å². The summed E-state index contributed by atoms with van der Waals surface area (Å²) < 4.78 is 5.72. The van der Waals surface area contributed by atoms with Crippen molar-refractivity contribution in [2.75, 3.05) is 6.61 Å². The smallest absolute Gasteiger partial charge is 0.331 e. The van der Waals surface area contributed by atoms with Gasteiger partial charge in [0, 0.05) is 19.3 Å². The molecule has 224 valence electrons. The van der Waals surface area contributed by atoms with Gasteiger partial charge in [0.1, 0.15) is 6.61 Å². The molecule has 0 radical (unpaired) electrons. The first kappa shape index (κ1) is 29.8. The van der Waals surface area contributed by atoms with Gasteiger partial charge < -0.3 is 9.57 Å². The summed E-state index contributed by atoms with van der Waals surface area (Å²) in [4.78, 5) is 28.9. The van der Waals surface area contributed by atoms with Crippen LogP contribution in [0, 0.1) is 56.7 Å². The van der Waals surface area contributed by atoms with Crippen molar-refractivity contribution in [1.82, 2.24) is 0 Å². The summed E-state index contributed by atoms with van der Waals surface area (Å²) in [5, 5.41) is 4.38. The van der Waals surface area contributed by atoms with Crippen LogP contribution in [0.5, 0.6) is 0 Å². The first-order valence-electron chi connectivity index (χ1n) is 16.2. The van der Waals surface area contributed by atoms with Crippen molar-refractivity contribution in [2.24, 2.45) is 61.8 Å². The number of allylic oxidation sites excluding steroid dienone is 1. The van der Waals surface area contributed by atoms with E-state index in [0.29, 0.717) is 35.2 Å². The molecule has 0 aromatic heterocycles. The Bertz CT molecular complexity index is 1100. The molecule has 0 spiro atoms. The molecule has 0 N–H and O–H groups in total. The standard InChI is InChI=1S/C35H55NO4/c1-10-35-18-13-25(22(2)3)30(35)26-11-12-28-31(6)16-15-29(36-40-24(5)38)32(7,21-39-23(4)37)27(31)14-17-34(28,9)33(26,8)19-20-35/h25-28,30H,2,10-21H2,1,3-9H3/t25-,26+,27+,28+,30+,31-,32?,33+,34+,35+/m0/s1. The zero-order valence-corrected chi connectivity index (χ0v) is 26.7. The van der Waals surface area contributed by atoms with Crippen LogP contribution in [0.15, 0.2) is 17.3 Å². The minimum Gasteiger partial charge on any atom is -0.465 e. The Hall–Kier alpha value is -1.65. The highest BCUT2D eigenvalue weighted by Crippen LogP contribution is 2.77. The summed E-state index contributed by atoms with van der Waals surface area (Å²) >= 11 is 0. The Balaban J connectivity index is 1.52. The third kappa shape index (κ3) is 4.09. The normalized spacial score (nSPS) is 48.8. The summed E-state index contributed by atoms with van der Waals surface area (Å²) in [7, 11) is 0. The molecule has 0 aliphatic heterocycles. The summed E-state index contributed by atoms with van der Waals surface area (Å²) in [6.45, 7) is 22.6. The summed E-state index contributed by atoms with van der Waals surface area (Å²) in [5.41, 5.74) is 3.09. The lowest BCUT2D eigenvalue weighted by Gasteiger charge is -2.72. The molecule has 40 heavy (non-hydrogen) atoms. The Labute approximate surface area is 243 Å². The first-order valence-corrected chi connectivity index (χ1v) is 16.2. The van der Waals surface area contributed by atoms with Gasteiger partial charge in [-0.05, 0) is 122 Å². The highest BCUT2D eigenvalue weighted by atomic mass is 16.7. The van der Waals surface area contributed by atoms with Gasteiger partial charge in [0.05, 0.1) is 5.71 Å². The molecule has 10 atom stereocenters. The summed E-state index contributed by atoms with van der Waals surface area (Å²) in [6.07, 6.45) is 13.5. The van der Waals surface area contributed by atoms with E-state index in [0.717, 1.165) is 36.8 Å². The highest BCUT2D eigenvalue weighted by molar-refractivity contribution is 5.91. The SMILES string of the molecule is C=C(C)[C@@H]1CC[C@]2(CC)CC[C@]3(C)[C@H](CC[C@@H]4[C@@]5(C)CCC(=NOC(C)=O)C(C)(COC(C)=O)[C@@H]5CC[C@]43C)[C@@H]12. The lowest BCUT2D eigenvalue weighted by Crippen LogP contribution is -2.67. The molecule has 1 unspecified atom stereocenters. The Morgan fingerprint density at radius 2 is 1.60 bits per heavy atom. The predicted molar refractivity (Wildman–Crippen MR) is 159 cm³/mol. The number of ether oxygens (including phenoxy) is 1. The Morgan fingerprint density at radius 1 is 0.875 bits per heavy atom. The number of carbonyl (C=O) groups is 2. The molecule has 0 amide bonds. The number of oxime groups is 1. The maximum atomic E-state index is 12.0. The van der Waals surface area contributed by atoms with Crippen molar-refractivity contribution in [3.8, 4) is 0 Å². The lowest BCUT2D eigenvalue weighted by atomic mass is 9.32. The van der Waals surface area contributed by atoms with E-state index in [1.54, 1.807) is 0 Å². The molecule has 0 heterocycles. The number of fused-ring (bicyclic) bond motifs is 7. The number of esters is 1. The molecule has 0 aromatic rings. The number of nitrogens with zero attached hydrogens (tertiary/aromatic N) is 1. The third-order valence-corrected chi connectivity index (χ3v) is 14.4. The van der Waals surface area contributed by atoms with E-state index in [4.69, 9.17) is 9.57 Å². The van der Waals surface area contributed by atoms with Crippen molar-refractivity contribution < 1.29 is 19.2 Å². The van der Waals surface area contributed by atoms with Crippen LogP contribution in [0.4, 0.5) is 0 Å². The molecule has 0 saturated heterocycles. The summed E-state index contributed by atoms with van der Waals surface area (Å²) in [5.74, 6) is 2.50. The van der Waals surface area contributed by atoms with Crippen molar-refractivity contribution >= 4 is 17.7 Å². The van der Waals surface area contributed by atoms with Gasteiger partial charge in [-0.2, -0.15) is 0 Å². The molecule has 0 aromatic carbocycles. The minimum absolute atomic E-state index is 0.119. The van der Waals surface area contributed by atoms with Gasteiger partial charge in [-0.3, -0.25) is 4.79 Å². The lowest BCUT2D eigenvalue weighted by molar-refractivity contribution is -0.231. The van der Waals surface area contributed by atoms with Gasteiger partial charge in [-0.15, -0.1) is 0 Å². The van der Waals surface area contributed by atoms with Crippen LogP contribution in [0.25, 0.3) is 0 Å². The minimum atomic E-state index is -0.437. The molecular weight excluding hydrogens is 498 g/mol. The second-order valence-corrected chi connectivity index (χ2v) is 15.7. The highest BCUT2D eigenvalue weighted by Gasteiger charge is 2.71. The fraction of sp³-hybridized carbons (Fsp3) is 0.857. The summed E-state index contributed by atoms with van der Waals surface area (Å²) in [6, 6.07) is 0. The van der Waals surface area contributed by atoms with Gasteiger partial charge in [0.15, 0.2) is 0 Å². The quantitative estimate of drug-likeness (QED) is 0.148. The van der Waals surface area contributed by atoms with E-state index in [2.05, 4.69) is 53.3 Å². The van der Waals surface area contributed by atoms with E-state index in [1.165, 1.54) is 70.8 Å². The van der Waals surface area contributed by atoms with Crippen molar-refractivity contribution in [3.63, 3.8) is 0 Å². The van der Waals surface area contributed by atoms with Crippen LogP contribution in [0.2, 0.25) is 0 Å². The molecule has 0 bridgehead atoms. The van der Waals surface area contributed by atoms with Gasteiger partial charge in [0.25, 0.3) is 0 Å². The maximum Gasteiger partial charge on any atom is 0.331 e. The molecule has 5 heteroatoms. The fourth-order valence-electron chi connectivity index (χ4n) is 12.2. The average Bonchev–Trinajstić information content (AvgIpc) is 3.28. The fourth-order valence-corrected chi connectivity index (χ4v) is 12.2.